The summed E-state index contributed by atoms with van der Waals surface area (Å²) in [6.45, 7) is 8.99. The van der Waals surface area contributed by atoms with Gasteiger partial charge in [0, 0.05) is 12.8 Å². The summed E-state index contributed by atoms with van der Waals surface area (Å²) in [4.78, 5) is 23.8. The summed E-state index contributed by atoms with van der Waals surface area (Å²) >= 11 is 0. The molecule has 0 rings (SSSR count). The number of unbranched alkanes of at least 4 members (excludes halogenated alkanes) is 20. The van der Waals surface area contributed by atoms with E-state index in [0.717, 1.165) is 37.5 Å². The zero-order chi connectivity index (χ0) is 31.1. The second kappa shape index (κ2) is 31.3. The molecule has 0 aliphatic carbocycles. The molecule has 0 fully saturated rings. The van der Waals surface area contributed by atoms with E-state index in [4.69, 9.17) is 9.47 Å². The summed E-state index contributed by atoms with van der Waals surface area (Å²) in [6, 6.07) is 0. The number of carbonyl (C=O) groups excluding carboxylic acids is 2. The van der Waals surface area contributed by atoms with E-state index in [1.165, 1.54) is 128 Å². The highest BCUT2D eigenvalue weighted by atomic mass is 16.6. The van der Waals surface area contributed by atoms with Crippen molar-refractivity contribution >= 4 is 11.9 Å². The number of aliphatic hydroxyl groups is 1. The van der Waals surface area contributed by atoms with Crippen LogP contribution in [0.25, 0.3) is 0 Å². The summed E-state index contributed by atoms with van der Waals surface area (Å²) < 4.78 is 10.3. The standard InChI is InChI=1S/C37H72O5/c1-33(2)27-23-19-15-11-7-5-9-13-17-21-25-29-36(39)41-31-35(38)32-42-37(40)30-26-22-18-14-10-6-8-12-16-20-24-28-34(3)4/h33-35,38H,5-32H2,1-4H3. The van der Waals surface area contributed by atoms with Crippen molar-refractivity contribution in [3.05, 3.63) is 0 Å². The number of esters is 2. The Morgan fingerprint density at radius 3 is 0.929 bits per heavy atom. The van der Waals surface area contributed by atoms with Gasteiger partial charge in [0.15, 0.2) is 0 Å². The van der Waals surface area contributed by atoms with Crippen LogP contribution in [0.5, 0.6) is 0 Å². The first-order valence-electron chi connectivity index (χ1n) is 18.3. The molecule has 0 atom stereocenters. The predicted molar refractivity (Wildman–Crippen MR) is 178 cm³/mol. The lowest BCUT2D eigenvalue weighted by molar-refractivity contribution is -0.152. The molecule has 5 nitrogen and oxygen atoms in total. The zero-order valence-electron chi connectivity index (χ0n) is 28.6. The fraction of sp³-hybridized carbons (Fsp3) is 0.946. The minimum absolute atomic E-state index is 0.110. The van der Waals surface area contributed by atoms with Gasteiger partial charge in [-0.3, -0.25) is 9.59 Å². The average molecular weight is 597 g/mol. The third-order valence-electron chi connectivity index (χ3n) is 8.20. The Labute approximate surface area is 261 Å². The van der Waals surface area contributed by atoms with Gasteiger partial charge in [0.2, 0.25) is 0 Å². The van der Waals surface area contributed by atoms with E-state index in [0.29, 0.717) is 12.8 Å². The fourth-order valence-electron chi connectivity index (χ4n) is 5.40. The van der Waals surface area contributed by atoms with Crippen molar-refractivity contribution in [3.63, 3.8) is 0 Å². The molecule has 0 radical (unpaired) electrons. The maximum absolute atomic E-state index is 11.9. The van der Waals surface area contributed by atoms with Crippen LogP contribution in [0.2, 0.25) is 0 Å². The first-order chi connectivity index (χ1) is 20.3. The van der Waals surface area contributed by atoms with Crippen LogP contribution in [0.4, 0.5) is 0 Å². The first-order valence-corrected chi connectivity index (χ1v) is 18.3. The smallest absolute Gasteiger partial charge is 0.305 e. The van der Waals surface area contributed by atoms with E-state index in [-0.39, 0.29) is 25.2 Å². The quantitative estimate of drug-likeness (QED) is 0.0617. The summed E-state index contributed by atoms with van der Waals surface area (Å²) in [7, 11) is 0. The lowest BCUT2D eigenvalue weighted by Gasteiger charge is -2.12. The highest BCUT2D eigenvalue weighted by Crippen LogP contribution is 2.16. The molecule has 5 heteroatoms. The highest BCUT2D eigenvalue weighted by molar-refractivity contribution is 5.69. The Balaban J connectivity index is 3.40. The normalized spacial score (nSPS) is 11.6. The predicted octanol–water partition coefficient (Wildman–Crippen LogP) is 10.9. The molecule has 0 aromatic rings. The maximum Gasteiger partial charge on any atom is 0.305 e. The van der Waals surface area contributed by atoms with Crippen molar-refractivity contribution in [2.75, 3.05) is 13.2 Å². The van der Waals surface area contributed by atoms with E-state index >= 15 is 0 Å². The van der Waals surface area contributed by atoms with Crippen molar-refractivity contribution in [1.29, 1.82) is 0 Å². The van der Waals surface area contributed by atoms with Gasteiger partial charge in [-0.1, -0.05) is 169 Å². The Hall–Kier alpha value is -1.10. The SMILES string of the molecule is CC(C)CCCCCCCCCCCCCC(=O)OCC(O)COC(=O)CCCCCCCCCCCCCC(C)C. The minimum Gasteiger partial charge on any atom is -0.463 e. The molecule has 0 aromatic carbocycles. The van der Waals surface area contributed by atoms with E-state index in [1.807, 2.05) is 0 Å². The van der Waals surface area contributed by atoms with Crippen LogP contribution in [0, 0.1) is 11.8 Å². The molecule has 0 amide bonds. The van der Waals surface area contributed by atoms with Crippen LogP contribution in [-0.4, -0.2) is 36.4 Å². The summed E-state index contributed by atoms with van der Waals surface area (Å²) in [5.41, 5.74) is 0. The van der Waals surface area contributed by atoms with E-state index in [1.54, 1.807) is 0 Å². The van der Waals surface area contributed by atoms with Gasteiger partial charge in [-0.15, -0.1) is 0 Å². The number of aliphatic hydroxyl groups excluding tert-OH is 1. The number of ether oxygens (including phenoxy) is 2. The zero-order valence-corrected chi connectivity index (χ0v) is 28.6. The van der Waals surface area contributed by atoms with Gasteiger partial charge in [0.25, 0.3) is 0 Å². The number of carbonyl (C=O) groups is 2. The third kappa shape index (κ3) is 33.4. The minimum atomic E-state index is -0.955. The summed E-state index contributed by atoms with van der Waals surface area (Å²) in [6.07, 6.45) is 30.1. The van der Waals surface area contributed by atoms with Crippen LogP contribution >= 0.6 is 0 Å². The average Bonchev–Trinajstić information content (AvgIpc) is 2.95. The Kier molecular flexibility index (Phi) is 30.5. The first kappa shape index (κ1) is 40.9. The van der Waals surface area contributed by atoms with Crippen molar-refractivity contribution in [3.8, 4) is 0 Å². The van der Waals surface area contributed by atoms with Crippen molar-refractivity contribution < 1.29 is 24.2 Å². The van der Waals surface area contributed by atoms with Crippen LogP contribution in [-0.2, 0) is 19.1 Å². The Bertz CT molecular complexity index is 539. The van der Waals surface area contributed by atoms with Crippen molar-refractivity contribution in [1.82, 2.24) is 0 Å². The Morgan fingerprint density at radius 2 is 0.667 bits per heavy atom. The van der Waals surface area contributed by atoms with Crippen molar-refractivity contribution in [2.24, 2.45) is 11.8 Å². The van der Waals surface area contributed by atoms with Crippen LogP contribution in [0.1, 0.15) is 195 Å². The van der Waals surface area contributed by atoms with E-state index in [2.05, 4.69) is 27.7 Å². The van der Waals surface area contributed by atoms with Crippen LogP contribution in [0.15, 0.2) is 0 Å². The number of rotatable bonds is 32. The van der Waals surface area contributed by atoms with Gasteiger partial charge in [0.05, 0.1) is 0 Å². The van der Waals surface area contributed by atoms with Crippen molar-refractivity contribution in [2.45, 2.75) is 201 Å². The largest absolute Gasteiger partial charge is 0.463 e. The lowest BCUT2D eigenvalue weighted by Crippen LogP contribution is -2.25. The number of hydrogen-bond donors (Lipinski definition) is 1. The van der Waals surface area contributed by atoms with E-state index in [9.17, 15) is 14.7 Å². The third-order valence-corrected chi connectivity index (χ3v) is 8.20. The topological polar surface area (TPSA) is 72.8 Å². The second-order valence-electron chi connectivity index (χ2n) is 13.7. The monoisotopic (exact) mass is 597 g/mol. The van der Waals surface area contributed by atoms with Gasteiger partial charge in [-0.25, -0.2) is 0 Å². The summed E-state index contributed by atoms with van der Waals surface area (Å²) in [5.74, 6) is 1.12. The molecular formula is C37H72O5. The van der Waals surface area contributed by atoms with Gasteiger partial charge in [0.1, 0.15) is 19.3 Å². The lowest BCUT2D eigenvalue weighted by atomic mass is 10.0. The molecule has 0 saturated carbocycles. The fourth-order valence-corrected chi connectivity index (χ4v) is 5.40. The molecule has 0 aliphatic rings. The maximum atomic E-state index is 11.9. The molecule has 0 saturated heterocycles. The van der Waals surface area contributed by atoms with Crippen LogP contribution in [0.3, 0.4) is 0 Å². The van der Waals surface area contributed by atoms with Crippen LogP contribution < -0.4 is 0 Å². The van der Waals surface area contributed by atoms with Gasteiger partial charge < -0.3 is 14.6 Å². The van der Waals surface area contributed by atoms with Gasteiger partial charge >= 0.3 is 11.9 Å². The molecule has 0 unspecified atom stereocenters. The molecule has 0 bridgehead atoms. The van der Waals surface area contributed by atoms with E-state index < -0.39 is 6.10 Å². The Morgan fingerprint density at radius 1 is 0.429 bits per heavy atom. The molecule has 42 heavy (non-hydrogen) atoms. The molecule has 0 spiro atoms. The van der Waals surface area contributed by atoms with Gasteiger partial charge in [-0.05, 0) is 24.7 Å². The number of hydrogen-bond acceptors (Lipinski definition) is 5. The summed E-state index contributed by atoms with van der Waals surface area (Å²) in [5, 5.41) is 9.98. The molecule has 0 aromatic heterocycles. The highest BCUT2D eigenvalue weighted by Gasteiger charge is 2.12. The van der Waals surface area contributed by atoms with Gasteiger partial charge in [-0.2, -0.15) is 0 Å². The molecular weight excluding hydrogens is 524 g/mol. The molecule has 0 aliphatic heterocycles. The second-order valence-corrected chi connectivity index (χ2v) is 13.7. The molecule has 250 valence electrons. The molecule has 1 N–H and O–H groups in total. The molecule has 0 heterocycles.